The minimum absolute atomic E-state index is 0.0491. The van der Waals surface area contributed by atoms with E-state index in [2.05, 4.69) is 15.3 Å². The van der Waals surface area contributed by atoms with E-state index < -0.39 is 11.7 Å². The number of pyridine rings is 1. The highest BCUT2D eigenvalue weighted by Gasteiger charge is 2.33. The molecule has 1 aromatic carbocycles. The summed E-state index contributed by atoms with van der Waals surface area (Å²) in [5, 5.41) is 7.86. The van der Waals surface area contributed by atoms with Crippen LogP contribution in [0.3, 0.4) is 0 Å². The molecule has 8 heteroatoms. The number of rotatable bonds is 2. The molecule has 108 valence electrons. The average molecular weight is 313 g/mol. The van der Waals surface area contributed by atoms with Gasteiger partial charge in [0.1, 0.15) is 5.52 Å². The topological polar surface area (TPSA) is 43.6 Å². The molecule has 0 amide bonds. The van der Waals surface area contributed by atoms with Crippen molar-refractivity contribution >= 4 is 22.6 Å². The standard InChI is InChI=1S/C13H8ClF3N4/c14-12-11-10(5-6-18-12)21(20-19-11)7-8-3-1-2-4-9(8)13(15,16)17/h1-6H,7H2. The van der Waals surface area contributed by atoms with Gasteiger partial charge in [0, 0.05) is 6.20 Å². The van der Waals surface area contributed by atoms with Gasteiger partial charge in [-0.1, -0.05) is 35.0 Å². The number of hydrogen-bond acceptors (Lipinski definition) is 3. The Hall–Kier alpha value is -2.15. The van der Waals surface area contributed by atoms with Gasteiger partial charge < -0.3 is 0 Å². The van der Waals surface area contributed by atoms with E-state index in [9.17, 15) is 13.2 Å². The lowest BCUT2D eigenvalue weighted by Crippen LogP contribution is -2.12. The number of benzene rings is 1. The number of fused-ring (bicyclic) bond motifs is 1. The molecule has 0 aliphatic heterocycles. The SMILES string of the molecule is FC(F)(F)c1ccccc1Cn1nnc2c(Cl)nccc21. The zero-order valence-corrected chi connectivity index (χ0v) is 11.2. The van der Waals surface area contributed by atoms with Gasteiger partial charge in [0.05, 0.1) is 17.6 Å². The Balaban J connectivity index is 2.06. The highest BCUT2D eigenvalue weighted by molar-refractivity contribution is 6.33. The zero-order valence-electron chi connectivity index (χ0n) is 10.5. The molecule has 0 bridgehead atoms. The van der Waals surface area contributed by atoms with Gasteiger partial charge in [-0.2, -0.15) is 13.2 Å². The van der Waals surface area contributed by atoms with Crippen LogP contribution in [-0.4, -0.2) is 20.0 Å². The molecule has 0 fully saturated rings. The molecule has 2 aromatic heterocycles. The van der Waals surface area contributed by atoms with E-state index in [1.54, 1.807) is 12.1 Å². The maximum absolute atomic E-state index is 13.0. The van der Waals surface area contributed by atoms with Crippen LogP contribution in [0.5, 0.6) is 0 Å². The highest BCUT2D eigenvalue weighted by Crippen LogP contribution is 2.32. The third-order valence-electron chi connectivity index (χ3n) is 3.03. The molecule has 2 heterocycles. The molecule has 0 radical (unpaired) electrons. The molecule has 0 atom stereocenters. The number of alkyl halides is 3. The Labute approximate surface area is 122 Å². The maximum atomic E-state index is 13.0. The van der Waals surface area contributed by atoms with E-state index in [1.165, 1.54) is 23.0 Å². The van der Waals surface area contributed by atoms with E-state index in [1.807, 2.05) is 0 Å². The van der Waals surface area contributed by atoms with Gasteiger partial charge in [0.25, 0.3) is 0 Å². The van der Waals surface area contributed by atoms with Crippen molar-refractivity contribution in [3.63, 3.8) is 0 Å². The summed E-state index contributed by atoms with van der Waals surface area (Å²) < 4.78 is 40.3. The number of hydrogen-bond donors (Lipinski definition) is 0. The molecule has 3 rings (SSSR count). The first-order chi connectivity index (χ1) is 9.97. The van der Waals surface area contributed by atoms with Gasteiger partial charge >= 0.3 is 6.18 Å². The van der Waals surface area contributed by atoms with Crippen molar-refractivity contribution in [2.24, 2.45) is 0 Å². The third-order valence-corrected chi connectivity index (χ3v) is 3.31. The molecular formula is C13H8ClF3N4. The summed E-state index contributed by atoms with van der Waals surface area (Å²) in [5.41, 5.74) is 0.328. The molecule has 4 nitrogen and oxygen atoms in total. The van der Waals surface area contributed by atoms with Crippen molar-refractivity contribution in [1.82, 2.24) is 20.0 Å². The normalized spacial score (nSPS) is 12.0. The van der Waals surface area contributed by atoms with Crippen LogP contribution < -0.4 is 0 Å². The second-order valence-electron chi connectivity index (χ2n) is 4.37. The minimum atomic E-state index is -4.41. The van der Waals surface area contributed by atoms with Gasteiger partial charge in [-0.05, 0) is 17.7 Å². The zero-order chi connectivity index (χ0) is 15.0. The molecule has 0 saturated carbocycles. The second kappa shape index (κ2) is 5.00. The summed E-state index contributed by atoms with van der Waals surface area (Å²) >= 11 is 5.87. The molecule has 21 heavy (non-hydrogen) atoms. The summed E-state index contributed by atoms with van der Waals surface area (Å²) in [5.74, 6) is 0. The third kappa shape index (κ3) is 2.56. The van der Waals surface area contributed by atoms with Crippen molar-refractivity contribution in [2.75, 3.05) is 0 Å². The quantitative estimate of drug-likeness (QED) is 0.680. The largest absolute Gasteiger partial charge is 0.416 e. The van der Waals surface area contributed by atoms with Crippen molar-refractivity contribution < 1.29 is 13.2 Å². The van der Waals surface area contributed by atoms with Crippen molar-refractivity contribution in [3.8, 4) is 0 Å². The van der Waals surface area contributed by atoms with Crippen LogP contribution in [0, 0.1) is 0 Å². The first-order valence-corrected chi connectivity index (χ1v) is 6.33. The van der Waals surface area contributed by atoms with Gasteiger partial charge in [-0.3, -0.25) is 0 Å². The fourth-order valence-corrected chi connectivity index (χ4v) is 2.27. The molecule has 0 aliphatic rings. The summed E-state index contributed by atoms with van der Waals surface area (Å²) in [7, 11) is 0. The fraction of sp³-hybridized carbons (Fsp3) is 0.154. The fourth-order valence-electron chi connectivity index (χ4n) is 2.08. The number of nitrogens with zero attached hydrogens (tertiary/aromatic N) is 4. The van der Waals surface area contributed by atoms with Gasteiger partial charge in [-0.15, -0.1) is 5.10 Å². The van der Waals surface area contributed by atoms with Crippen molar-refractivity contribution in [2.45, 2.75) is 12.7 Å². The molecule has 3 aromatic rings. The Morgan fingerprint density at radius 1 is 1.14 bits per heavy atom. The molecule has 0 aliphatic carbocycles. The second-order valence-corrected chi connectivity index (χ2v) is 4.73. The number of aromatic nitrogens is 4. The average Bonchev–Trinajstić information content (AvgIpc) is 2.83. The van der Waals surface area contributed by atoms with Gasteiger partial charge in [-0.25, -0.2) is 9.67 Å². The van der Waals surface area contributed by atoms with E-state index in [0.717, 1.165) is 6.07 Å². The first kappa shape index (κ1) is 13.8. The van der Waals surface area contributed by atoms with E-state index in [4.69, 9.17) is 11.6 Å². The lowest BCUT2D eigenvalue weighted by Gasteiger charge is -2.12. The van der Waals surface area contributed by atoms with Crippen LogP contribution in [0.25, 0.3) is 11.0 Å². The minimum Gasteiger partial charge on any atom is -0.242 e. The van der Waals surface area contributed by atoms with Crippen LogP contribution in [0.15, 0.2) is 36.5 Å². The Bertz CT molecular complexity index is 797. The van der Waals surface area contributed by atoms with Gasteiger partial charge in [0.2, 0.25) is 0 Å². The predicted octanol–water partition coefficient (Wildman–Crippen LogP) is 3.55. The maximum Gasteiger partial charge on any atom is 0.416 e. The van der Waals surface area contributed by atoms with Crippen LogP contribution in [0.2, 0.25) is 5.15 Å². The monoisotopic (exact) mass is 312 g/mol. The summed E-state index contributed by atoms with van der Waals surface area (Å²) in [4.78, 5) is 3.85. The molecule has 0 unspecified atom stereocenters. The lowest BCUT2D eigenvalue weighted by molar-refractivity contribution is -0.138. The molecular weight excluding hydrogens is 305 g/mol. The smallest absolute Gasteiger partial charge is 0.242 e. The molecule has 0 N–H and O–H groups in total. The van der Waals surface area contributed by atoms with Crippen LogP contribution in [-0.2, 0) is 12.7 Å². The molecule has 0 saturated heterocycles. The first-order valence-electron chi connectivity index (χ1n) is 5.95. The van der Waals surface area contributed by atoms with Crippen LogP contribution in [0.1, 0.15) is 11.1 Å². The Morgan fingerprint density at radius 3 is 2.67 bits per heavy atom. The molecule has 0 spiro atoms. The summed E-state index contributed by atoms with van der Waals surface area (Å²) in [6.45, 7) is -0.0491. The number of halogens is 4. The van der Waals surface area contributed by atoms with Gasteiger partial charge in [0.15, 0.2) is 5.15 Å². The summed E-state index contributed by atoms with van der Waals surface area (Å²) in [6.07, 6.45) is -2.95. The van der Waals surface area contributed by atoms with Crippen molar-refractivity contribution in [3.05, 3.63) is 52.8 Å². The van der Waals surface area contributed by atoms with Crippen LogP contribution >= 0.6 is 11.6 Å². The highest BCUT2D eigenvalue weighted by atomic mass is 35.5. The Morgan fingerprint density at radius 2 is 1.90 bits per heavy atom. The Kier molecular flexibility index (Phi) is 3.29. The van der Waals surface area contributed by atoms with Crippen molar-refractivity contribution in [1.29, 1.82) is 0 Å². The lowest BCUT2D eigenvalue weighted by atomic mass is 10.1. The van der Waals surface area contributed by atoms with Crippen LogP contribution in [0.4, 0.5) is 13.2 Å². The van der Waals surface area contributed by atoms with E-state index in [-0.39, 0.29) is 17.3 Å². The predicted molar refractivity (Wildman–Crippen MR) is 70.9 cm³/mol. The van der Waals surface area contributed by atoms with E-state index in [0.29, 0.717) is 11.0 Å². The summed E-state index contributed by atoms with van der Waals surface area (Å²) in [6, 6.07) is 6.98. The van der Waals surface area contributed by atoms with E-state index >= 15 is 0 Å².